The Bertz CT molecular complexity index is 328. The topological polar surface area (TPSA) is 204 Å². The minimum atomic E-state index is -2.36. The third kappa shape index (κ3) is 6.40. The Morgan fingerprint density at radius 3 is 1.94 bits per heavy atom. The minimum Gasteiger partial charge on any atom is -0.550 e. The summed E-state index contributed by atoms with van der Waals surface area (Å²) in [6.45, 7) is 0. The summed E-state index contributed by atoms with van der Waals surface area (Å²) in [5.74, 6) is -6.47. The van der Waals surface area contributed by atoms with Crippen LogP contribution in [0.15, 0.2) is 0 Å². The van der Waals surface area contributed by atoms with Crippen LogP contribution < -0.4 is 17.0 Å². The number of hydrogen-bond donors (Lipinski definition) is 4. The molecule has 10 heteroatoms. The number of carboxylic acids is 3. The molecule has 0 aliphatic heterocycles. The Kier molecular flexibility index (Phi) is 8.05. The quantitative estimate of drug-likeness (QED) is 0.279. The van der Waals surface area contributed by atoms with E-state index in [-0.39, 0.29) is 12.6 Å². The molecule has 0 radical (unpaired) electrons. The Balaban J connectivity index is 0. The molecule has 0 spiro atoms. The molecule has 8 N–H and O–H groups in total. The van der Waals surface area contributed by atoms with E-state index in [1.54, 1.807) is 0 Å². The highest BCUT2D eigenvalue weighted by atomic mass is 16.6. The first-order valence-corrected chi connectivity index (χ1v) is 4.37. The summed E-state index contributed by atoms with van der Waals surface area (Å²) in [5, 5.41) is 26.8. The monoisotopic (exact) mass is 266 g/mol. The molecule has 0 bridgehead atoms. The van der Waals surface area contributed by atoms with Gasteiger partial charge >= 0.3 is 17.9 Å². The zero-order valence-electron chi connectivity index (χ0n) is 9.49. The van der Waals surface area contributed by atoms with Gasteiger partial charge < -0.3 is 36.7 Å². The second kappa shape index (κ2) is 7.97. The van der Waals surface area contributed by atoms with E-state index in [1.165, 1.54) is 0 Å². The third-order valence-electron chi connectivity index (χ3n) is 1.64. The standard InChI is InChI=1S/C8H11NO8.H3N/c9-3(1-2-4(10)11)8(16)17-5(6(12)13)7(14)15;/h3,5H,1-2,9H2,(H,10,11)(H,12,13)(H,14,15);1H3/t3-;/m0./s1. The van der Waals surface area contributed by atoms with Crippen LogP contribution in [0.3, 0.4) is 0 Å². The second-order valence-electron chi connectivity index (χ2n) is 3.01. The van der Waals surface area contributed by atoms with Gasteiger partial charge in [0.15, 0.2) is 0 Å². The summed E-state index contributed by atoms with van der Waals surface area (Å²) in [6.07, 6.45) is -3.23. The summed E-state index contributed by atoms with van der Waals surface area (Å²) in [7, 11) is 0. The Labute approximate surface area is 101 Å². The van der Waals surface area contributed by atoms with Crippen molar-refractivity contribution in [2.45, 2.75) is 25.0 Å². The number of esters is 1. The normalized spacial score (nSPS) is 11.2. The number of carbonyl (C=O) groups excluding carboxylic acids is 2. The molecule has 0 saturated heterocycles. The predicted molar refractivity (Wildman–Crippen MR) is 53.4 cm³/mol. The fourth-order valence-corrected chi connectivity index (χ4v) is 0.801. The van der Waals surface area contributed by atoms with Crippen molar-refractivity contribution in [1.29, 1.82) is 0 Å². The summed E-state index contributed by atoms with van der Waals surface area (Å²) >= 11 is 0. The Hall–Kier alpha value is -2.20. The van der Waals surface area contributed by atoms with Crippen molar-refractivity contribution in [3.05, 3.63) is 0 Å². The van der Waals surface area contributed by atoms with E-state index in [2.05, 4.69) is 4.74 Å². The van der Waals surface area contributed by atoms with Crippen molar-refractivity contribution in [2.24, 2.45) is 5.73 Å². The van der Waals surface area contributed by atoms with E-state index in [0.29, 0.717) is 0 Å². The lowest BCUT2D eigenvalue weighted by Gasteiger charge is -2.14. The van der Waals surface area contributed by atoms with Gasteiger partial charge in [0.1, 0.15) is 6.04 Å². The average molecular weight is 266 g/mol. The molecule has 0 unspecified atom stereocenters. The van der Waals surface area contributed by atoms with Crippen LogP contribution in [0.1, 0.15) is 12.8 Å². The molecular formula is C8H14N2O8. The smallest absolute Gasteiger partial charge is 0.356 e. The molecule has 104 valence electrons. The number of hydrogen-bond acceptors (Lipinski definition) is 7. The molecule has 1 atom stereocenters. The molecule has 0 amide bonds. The average Bonchev–Trinajstić information content (AvgIpc) is 2.20. The zero-order valence-corrected chi connectivity index (χ0v) is 9.49. The first kappa shape index (κ1) is 18.2. The van der Waals surface area contributed by atoms with E-state index in [4.69, 9.17) is 15.9 Å². The Morgan fingerprint density at radius 2 is 1.61 bits per heavy atom. The highest BCUT2D eigenvalue weighted by Gasteiger charge is 2.31. The van der Waals surface area contributed by atoms with E-state index in [0.717, 1.165) is 0 Å². The van der Waals surface area contributed by atoms with Gasteiger partial charge in [0.2, 0.25) is 0 Å². The van der Waals surface area contributed by atoms with E-state index in [1.807, 2.05) is 0 Å². The van der Waals surface area contributed by atoms with Crippen molar-refractivity contribution in [3.8, 4) is 0 Å². The number of rotatable bonds is 7. The van der Waals surface area contributed by atoms with Gasteiger partial charge in [-0.2, -0.15) is 0 Å². The molecule has 0 aromatic heterocycles. The molecule has 0 saturated carbocycles. The van der Waals surface area contributed by atoms with Crippen LogP contribution in [0, 0.1) is 0 Å². The lowest BCUT2D eigenvalue weighted by atomic mass is 10.2. The highest BCUT2D eigenvalue weighted by Crippen LogP contribution is 2.01. The largest absolute Gasteiger partial charge is 0.550 e. The number of ether oxygens (including phenoxy) is 1. The van der Waals surface area contributed by atoms with Gasteiger partial charge in [0, 0.05) is 5.97 Å². The third-order valence-corrected chi connectivity index (χ3v) is 1.64. The number of aliphatic carboxylic acids is 3. The maximum absolute atomic E-state index is 11.1. The van der Waals surface area contributed by atoms with Gasteiger partial charge in [-0.05, 0) is 12.8 Å². The number of carbonyl (C=O) groups is 4. The highest BCUT2D eigenvalue weighted by molar-refractivity contribution is 5.98. The van der Waals surface area contributed by atoms with Crippen molar-refractivity contribution in [2.75, 3.05) is 0 Å². The van der Waals surface area contributed by atoms with Gasteiger partial charge in [-0.1, -0.05) is 0 Å². The fraction of sp³-hybridized carbons (Fsp3) is 0.500. The summed E-state index contributed by atoms with van der Waals surface area (Å²) in [6, 6.07) is -1.42. The SMILES string of the molecule is N[C@@H](CCC(=O)[O-])C(=O)OC(C(=O)O)C(=O)O.[NH4+]. The van der Waals surface area contributed by atoms with Crippen LogP contribution in [0.5, 0.6) is 0 Å². The maximum atomic E-state index is 11.1. The van der Waals surface area contributed by atoms with E-state index < -0.39 is 42.4 Å². The number of nitrogens with two attached hydrogens (primary N) is 1. The fourth-order valence-electron chi connectivity index (χ4n) is 0.801. The van der Waals surface area contributed by atoms with E-state index >= 15 is 0 Å². The van der Waals surface area contributed by atoms with Crippen LogP contribution in [-0.4, -0.2) is 46.2 Å². The second-order valence-corrected chi connectivity index (χ2v) is 3.01. The van der Waals surface area contributed by atoms with Crippen molar-refractivity contribution >= 4 is 23.9 Å². The Morgan fingerprint density at radius 1 is 1.17 bits per heavy atom. The molecule has 0 rings (SSSR count). The van der Waals surface area contributed by atoms with Crippen LogP contribution in [-0.2, 0) is 23.9 Å². The first-order valence-electron chi connectivity index (χ1n) is 4.37. The van der Waals surface area contributed by atoms with Crippen LogP contribution in [0.4, 0.5) is 0 Å². The number of carboxylic acid groups (broad SMARTS) is 3. The van der Waals surface area contributed by atoms with Gasteiger partial charge in [-0.3, -0.25) is 4.79 Å². The van der Waals surface area contributed by atoms with Crippen molar-refractivity contribution in [3.63, 3.8) is 0 Å². The molecular weight excluding hydrogens is 252 g/mol. The van der Waals surface area contributed by atoms with Crippen molar-refractivity contribution in [1.82, 2.24) is 6.15 Å². The molecule has 0 aliphatic carbocycles. The summed E-state index contributed by atoms with van der Waals surface area (Å²) in [5.41, 5.74) is 5.16. The van der Waals surface area contributed by atoms with Crippen LogP contribution >= 0.6 is 0 Å². The van der Waals surface area contributed by atoms with E-state index in [9.17, 15) is 24.3 Å². The zero-order chi connectivity index (χ0) is 13.6. The first-order chi connectivity index (χ1) is 7.75. The molecule has 0 aliphatic rings. The van der Waals surface area contributed by atoms with Crippen LogP contribution in [0.25, 0.3) is 0 Å². The molecule has 10 nitrogen and oxygen atoms in total. The minimum absolute atomic E-state index is 0. The lowest BCUT2D eigenvalue weighted by Crippen LogP contribution is -2.41. The predicted octanol–water partition coefficient (Wildman–Crippen LogP) is -2.70. The number of quaternary nitrogens is 1. The van der Waals surface area contributed by atoms with Crippen molar-refractivity contribution < 1.29 is 39.2 Å². The maximum Gasteiger partial charge on any atom is 0.356 e. The lowest BCUT2D eigenvalue weighted by molar-refractivity contribution is -0.305. The molecule has 18 heavy (non-hydrogen) atoms. The molecule has 0 heterocycles. The van der Waals surface area contributed by atoms with Gasteiger partial charge in [0.05, 0.1) is 0 Å². The van der Waals surface area contributed by atoms with Gasteiger partial charge in [-0.15, -0.1) is 0 Å². The summed E-state index contributed by atoms with van der Waals surface area (Å²) < 4.78 is 4.09. The van der Waals surface area contributed by atoms with Crippen LogP contribution in [0.2, 0.25) is 0 Å². The molecule has 0 aromatic carbocycles. The van der Waals surface area contributed by atoms with Gasteiger partial charge in [0.25, 0.3) is 6.10 Å². The molecule has 0 fully saturated rings. The molecule has 0 aromatic rings. The summed E-state index contributed by atoms with van der Waals surface area (Å²) in [4.78, 5) is 41.9. The van der Waals surface area contributed by atoms with Gasteiger partial charge in [-0.25, -0.2) is 9.59 Å².